The van der Waals surface area contributed by atoms with Gasteiger partial charge in [0.05, 0.1) is 17.9 Å². The summed E-state index contributed by atoms with van der Waals surface area (Å²) in [5.74, 6) is -0.0364. The molecular formula is C25H25N5O2. The molecule has 3 aromatic carbocycles. The molecule has 1 aliphatic heterocycles. The lowest BCUT2D eigenvalue weighted by Crippen LogP contribution is -2.50. The molecule has 1 heterocycles. The molecule has 0 aliphatic carbocycles. The number of piperazine rings is 1. The maximum atomic E-state index is 12.5. The molecule has 7 heteroatoms. The second kappa shape index (κ2) is 10.5. The number of hydrogen-bond donors (Lipinski definition) is 1. The third-order valence-corrected chi connectivity index (χ3v) is 5.24. The summed E-state index contributed by atoms with van der Waals surface area (Å²) < 4.78 is 0. The van der Waals surface area contributed by atoms with Crippen molar-refractivity contribution in [3.63, 3.8) is 0 Å². The molecular weight excluding hydrogens is 402 g/mol. The smallest absolute Gasteiger partial charge is 0.253 e. The van der Waals surface area contributed by atoms with Crippen molar-refractivity contribution in [2.24, 2.45) is 10.2 Å². The largest absolute Gasteiger partial charge is 0.336 e. The normalized spacial score (nSPS) is 14.4. The maximum Gasteiger partial charge on any atom is 0.253 e. The summed E-state index contributed by atoms with van der Waals surface area (Å²) in [7, 11) is 0. The first-order valence-electron chi connectivity index (χ1n) is 10.6. The van der Waals surface area contributed by atoms with Gasteiger partial charge in [-0.15, -0.1) is 0 Å². The molecule has 32 heavy (non-hydrogen) atoms. The molecule has 162 valence electrons. The zero-order chi connectivity index (χ0) is 22.2. The SMILES string of the molecule is O=C(CN1CCN(C(=O)c2ccccc2)CC1)Nc1ccc(N=Nc2ccccc2)cc1. The highest BCUT2D eigenvalue weighted by atomic mass is 16.2. The first-order valence-corrected chi connectivity index (χ1v) is 10.6. The number of carbonyl (C=O) groups excluding carboxylic acids is 2. The van der Waals surface area contributed by atoms with E-state index in [1.54, 1.807) is 0 Å². The summed E-state index contributed by atoms with van der Waals surface area (Å²) in [6.07, 6.45) is 0. The Labute approximate surface area is 187 Å². The second-order valence-electron chi connectivity index (χ2n) is 7.56. The first-order chi connectivity index (χ1) is 15.7. The van der Waals surface area contributed by atoms with Gasteiger partial charge in [-0.3, -0.25) is 14.5 Å². The van der Waals surface area contributed by atoms with E-state index in [0.717, 1.165) is 5.69 Å². The monoisotopic (exact) mass is 427 g/mol. The van der Waals surface area contributed by atoms with E-state index in [9.17, 15) is 9.59 Å². The number of anilines is 1. The summed E-state index contributed by atoms with van der Waals surface area (Å²) >= 11 is 0. The Balaban J connectivity index is 1.23. The highest BCUT2D eigenvalue weighted by Gasteiger charge is 2.23. The van der Waals surface area contributed by atoms with Crippen LogP contribution in [0.1, 0.15) is 10.4 Å². The van der Waals surface area contributed by atoms with E-state index in [1.165, 1.54) is 0 Å². The van der Waals surface area contributed by atoms with Crippen LogP contribution in [0.4, 0.5) is 17.1 Å². The average molecular weight is 428 g/mol. The number of benzene rings is 3. The number of rotatable bonds is 6. The van der Waals surface area contributed by atoms with Crippen LogP contribution in [0.25, 0.3) is 0 Å². The fourth-order valence-electron chi connectivity index (χ4n) is 3.50. The van der Waals surface area contributed by atoms with Gasteiger partial charge in [0, 0.05) is 37.4 Å². The molecule has 1 fully saturated rings. The Hall–Kier alpha value is -3.84. The minimum absolute atomic E-state index is 0.0409. The third kappa shape index (κ3) is 5.86. The molecule has 1 aliphatic rings. The van der Waals surface area contributed by atoms with E-state index in [-0.39, 0.29) is 11.8 Å². The average Bonchev–Trinajstić information content (AvgIpc) is 2.85. The van der Waals surface area contributed by atoms with Crippen molar-refractivity contribution >= 4 is 28.9 Å². The van der Waals surface area contributed by atoms with Gasteiger partial charge in [-0.05, 0) is 48.5 Å². The fraction of sp³-hybridized carbons (Fsp3) is 0.200. The summed E-state index contributed by atoms with van der Waals surface area (Å²) in [6, 6.07) is 26.1. The van der Waals surface area contributed by atoms with E-state index in [2.05, 4.69) is 20.4 Å². The van der Waals surface area contributed by atoms with E-state index >= 15 is 0 Å². The molecule has 3 aromatic rings. The molecule has 4 rings (SSSR count). The fourth-order valence-corrected chi connectivity index (χ4v) is 3.50. The van der Waals surface area contributed by atoms with Crippen LogP contribution in [0.15, 0.2) is 95.2 Å². The van der Waals surface area contributed by atoms with E-state index < -0.39 is 0 Å². The van der Waals surface area contributed by atoms with Gasteiger partial charge in [-0.25, -0.2) is 0 Å². The number of amides is 2. The Morgan fingerprint density at radius 1 is 0.719 bits per heavy atom. The van der Waals surface area contributed by atoms with Gasteiger partial charge < -0.3 is 10.2 Å². The predicted octanol–water partition coefficient (Wildman–Crippen LogP) is 4.50. The lowest BCUT2D eigenvalue weighted by atomic mass is 10.2. The standard InChI is InChI=1S/C25H25N5O2/c31-24(19-29-15-17-30(18-16-29)25(32)20-7-3-1-4-8-20)26-21-11-13-23(14-12-21)28-27-22-9-5-2-6-10-22/h1-14H,15-19H2,(H,26,31). The third-order valence-electron chi connectivity index (χ3n) is 5.24. The van der Waals surface area contributed by atoms with E-state index in [4.69, 9.17) is 0 Å². The number of hydrogen-bond acceptors (Lipinski definition) is 5. The van der Waals surface area contributed by atoms with Crippen LogP contribution < -0.4 is 5.32 Å². The van der Waals surface area contributed by atoms with Gasteiger partial charge in [-0.2, -0.15) is 10.2 Å². The Bertz CT molecular complexity index is 1060. The van der Waals surface area contributed by atoms with Gasteiger partial charge in [0.15, 0.2) is 0 Å². The van der Waals surface area contributed by atoms with E-state index in [0.29, 0.717) is 49.7 Å². The number of nitrogens with zero attached hydrogens (tertiary/aromatic N) is 4. The molecule has 0 aromatic heterocycles. The van der Waals surface area contributed by atoms with Gasteiger partial charge in [0.1, 0.15) is 0 Å². The van der Waals surface area contributed by atoms with Crippen LogP contribution in [0.2, 0.25) is 0 Å². The van der Waals surface area contributed by atoms with Crippen LogP contribution in [0.3, 0.4) is 0 Å². The van der Waals surface area contributed by atoms with Crippen molar-refractivity contribution in [3.8, 4) is 0 Å². The van der Waals surface area contributed by atoms with Crippen LogP contribution in [-0.2, 0) is 4.79 Å². The van der Waals surface area contributed by atoms with Crippen molar-refractivity contribution in [1.29, 1.82) is 0 Å². The first kappa shape index (κ1) is 21.4. The Morgan fingerprint density at radius 3 is 1.91 bits per heavy atom. The van der Waals surface area contributed by atoms with Crippen molar-refractivity contribution < 1.29 is 9.59 Å². The quantitative estimate of drug-likeness (QED) is 0.589. The van der Waals surface area contributed by atoms with Crippen LogP contribution in [0, 0.1) is 0 Å². The highest BCUT2D eigenvalue weighted by molar-refractivity contribution is 5.94. The van der Waals surface area contributed by atoms with Crippen LogP contribution >= 0.6 is 0 Å². The minimum atomic E-state index is -0.0773. The molecule has 0 spiro atoms. The topological polar surface area (TPSA) is 77.4 Å². The van der Waals surface area contributed by atoms with Gasteiger partial charge >= 0.3 is 0 Å². The summed E-state index contributed by atoms with van der Waals surface area (Å²) in [6.45, 7) is 2.86. The van der Waals surface area contributed by atoms with Crippen molar-refractivity contribution in [3.05, 3.63) is 90.5 Å². The lowest BCUT2D eigenvalue weighted by molar-refractivity contribution is -0.117. The summed E-state index contributed by atoms with van der Waals surface area (Å²) in [5, 5.41) is 11.3. The zero-order valence-electron chi connectivity index (χ0n) is 17.7. The van der Waals surface area contributed by atoms with Gasteiger partial charge in [0.25, 0.3) is 5.91 Å². The van der Waals surface area contributed by atoms with Crippen molar-refractivity contribution in [1.82, 2.24) is 9.80 Å². The molecule has 0 unspecified atom stereocenters. The maximum absolute atomic E-state index is 12.5. The lowest BCUT2D eigenvalue weighted by Gasteiger charge is -2.34. The summed E-state index contributed by atoms with van der Waals surface area (Å²) in [5.41, 5.74) is 2.92. The van der Waals surface area contributed by atoms with Gasteiger partial charge in [-0.1, -0.05) is 36.4 Å². The number of nitrogens with one attached hydrogen (secondary N) is 1. The summed E-state index contributed by atoms with van der Waals surface area (Å²) in [4.78, 5) is 28.9. The molecule has 1 saturated heterocycles. The zero-order valence-corrected chi connectivity index (χ0v) is 17.7. The second-order valence-corrected chi connectivity index (χ2v) is 7.56. The molecule has 0 saturated carbocycles. The number of azo groups is 1. The molecule has 0 radical (unpaired) electrons. The Kier molecular flexibility index (Phi) is 6.99. The highest BCUT2D eigenvalue weighted by Crippen LogP contribution is 2.20. The minimum Gasteiger partial charge on any atom is -0.336 e. The molecule has 7 nitrogen and oxygen atoms in total. The molecule has 0 atom stereocenters. The predicted molar refractivity (Wildman–Crippen MR) is 124 cm³/mol. The van der Waals surface area contributed by atoms with E-state index in [1.807, 2.05) is 89.8 Å². The molecule has 2 amide bonds. The molecule has 0 bridgehead atoms. The molecule has 1 N–H and O–H groups in total. The Morgan fingerprint density at radius 2 is 1.28 bits per heavy atom. The van der Waals surface area contributed by atoms with Crippen LogP contribution in [0.5, 0.6) is 0 Å². The van der Waals surface area contributed by atoms with Crippen molar-refractivity contribution in [2.45, 2.75) is 0 Å². The number of carbonyl (C=O) groups is 2. The van der Waals surface area contributed by atoms with Crippen molar-refractivity contribution in [2.75, 3.05) is 38.0 Å². The van der Waals surface area contributed by atoms with Crippen LogP contribution in [-0.4, -0.2) is 54.3 Å². The van der Waals surface area contributed by atoms with Gasteiger partial charge in [0.2, 0.25) is 5.91 Å².